The van der Waals surface area contributed by atoms with Crippen molar-refractivity contribution in [2.75, 3.05) is 33.3 Å². The Kier molecular flexibility index (Phi) is 5.83. The number of rotatable bonds is 8. The van der Waals surface area contributed by atoms with Crippen LogP contribution >= 0.6 is 11.8 Å². The standard InChI is InChI=1S/C22H29N5OS/c1-4-26(5-2)11-12-27-17-10-9-14(16(24)13-23)22-19(17)20(25-27)15-7-6-8-18(28-3)21(15)29-22/h6-10,16H,4-5,11-13,23-24H2,1-3H3. The maximum Gasteiger partial charge on any atom is 0.133 e. The lowest BCUT2D eigenvalue weighted by molar-refractivity contribution is 0.287. The highest BCUT2D eigenvalue weighted by atomic mass is 32.2. The van der Waals surface area contributed by atoms with Crippen LogP contribution < -0.4 is 16.2 Å². The van der Waals surface area contributed by atoms with Gasteiger partial charge >= 0.3 is 0 Å². The third kappa shape index (κ3) is 3.42. The average Bonchev–Trinajstić information content (AvgIpc) is 3.14. The molecule has 6 nitrogen and oxygen atoms in total. The van der Waals surface area contributed by atoms with E-state index in [1.165, 1.54) is 5.39 Å². The zero-order valence-corrected chi connectivity index (χ0v) is 18.1. The van der Waals surface area contributed by atoms with Crippen molar-refractivity contribution in [2.24, 2.45) is 11.5 Å². The predicted molar refractivity (Wildman–Crippen MR) is 120 cm³/mol. The highest BCUT2D eigenvalue weighted by molar-refractivity contribution is 8.00. The lowest BCUT2D eigenvalue weighted by Gasteiger charge is -2.22. The van der Waals surface area contributed by atoms with Crippen molar-refractivity contribution < 1.29 is 4.74 Å². The molecular weight excluding hydrogens is 382 g/mol. The van der Waals surface area contributed by atoms with Crippen LogP contribution in [0.3, 0.4) is 0 Å². The first-order chi connectivity index (χ1) is 14.1. The largest absolute Gasteiger partial charge is 0.496 e. The molecule has 0 radical (unpaired) electrons. The van der Waals surface area contributed by atoms with Gasteiger partial charge < -0.3 is 21.1 Å². The molecule has 154 valence electrons. The van der Waals surface area contributed by atoms with Gasteiger partial charge in [0.25, 0.3) is 0 Å². The number of hydrogen-bond donors (Lipinski definition) is 2. The second-order valence-corrected chi connectivity index (χ2v) is 8.28. The Morgan fingerprint density at radius 3 is 2.66 bits per heavy atom. The van der Waals surface area contributed by atoms with E-state index in [-0.39, 0.29) is 6.04 Å². The molecule has 0 aliphatic carbocycles. The molecule has 0 spiro atoms. The topological polar surface area (TPSA) is 82.3 Å². The summed E-state index contributed by atoms with van der Waals surface area (Å²) < 4.78 is 7.79. The molecule has 0 amide bonds. The van der Waals surface area contributed by atoms with E-state index in [9.17, 15) is 0 Å². The Morgan fingerprint density at radius 1 is 1.17 bits per heavy atom. The van der Waals surface area contributed by atoms with Crippen molar-refractivity contribution in [1.82, 2.24) is 14.7 Å². The first kappa shape index (κ1) is 20.2. The van der Waals surface area contributed by atoms with E-state index in [2.05, 4.69) is 41.6 Å². The zero-order valence-electron chi connectivity index (χ0n) is 17.3. The van der Waals surface area contributed by atoms with Crippen molar-refractivity contribution in [1.29, 1.82) is 0 Å². The van der Waals surface area contributed by atoms with Gasteiger partial charge in [-0.2, -0.15) is 5.10 Å². The summed E-state index contributed by atoms with van der Waals surface area (Å²) in [5.41, 5.74) is 16.6. The molecule has 2 aromatic carbocycles. The summed E-state index contributed by atoms with van der Waals surface area (Å²) in [5, 5.41) is 6.23. The lowest BCUT2D eigenvalue weighted by atomic mass is 10.0. The molecule has 2 heterocycles. The second kappa shape index (κ2) is 8.36. The molecule has 0 bridgehead atoms. The minimum atomic E-state index is -0.204. The maximum atomic E-state index is 6.36. The molecule has 4 N–H and O–H groups in total. The molecule has 1 unspecified atom stereocenters. The fraction of sp³-hybridized carbons (Fsp3) is 0.409. The Labute approximate surface area is 176 Å². The first-order valence-electron chi connectivity index (χ1n) is 10.2. The summed E-state index contributed by atoms with van der Waals surface area (Å²) in [6.07, 6.45) is 0. The van der Waals surface area contributed by atoms with E-state index in [0.29, 0.717) is 6.54 Å². The number of methoxy groups -OCH3 is 1. The van der Waals surface area contributed by atoms with Gasteiger partial charge in [0.1, 0.15) is 11.4 Å². The molecule has 29 heavy (non-hydrogen) atoms. The smallest absolute Gasteiger partial charge is 0.133 e. The van der Waals surface area contributed by atoms with E-state index < -0.39 is 0 Å². The Morgan fingerprint density at radius 2 is 1.97 bits per heavy atom. The average molecular weight is 412 g/mol. The summed E-state index contributed by atoms with van der Waals surface area (Å²) in [4.78, 5) is 4.66. The highest BCUT2D eigenvalue weighted by Crippen LogP contribution is 2.52. The maximum absolute atomic E-state index is 6.36. The first-order valence-corrected chi connectivity index (χ1v) is 11.0. The number of likely N-dealkylation sites (N-methyl/N-ethyl adjacent to an activating group) is 1. The molecule has 4 rings (SSSR count). The summed E-state index contributed by atoms with van der Waals surface area (Å²) in [7, 11) is 1.71. The van der Waals surface area contributed by atoms with Crippen molar-refractivity contribution in [3.8, 4) is 17.0 Å². The van der Waals surface area contributed by atoms with Gasteiger partial charge in [-0.3, -0.25) is 4.68 Å². The summed E-state index contributed by atoms with van der Waals surface area (Å²) >= 11 is 1.72. The van der Waals surface area contributed by atoms with Gasteiger partial charge in [0.2, 0.25) is 0 Å². The summed E-state index contributed by atoms with van der Waals surface area (Å²) in [6.45, 7) is 8.70. The monoisotopic (exact) mass is 411 g/mol. The van der Waals surface area contributed by atoms with Gasteiger partial charge in [0.15, 0.2) is 0 Å². The van der Waals surface area contributed by atoms with E-state index in [4.69, 9.17) is 21.3 Å². The van der Waals surface area contributed by atoms with Gasteiger partial charge in [-0.05, 0) is 30.8 Å². The number of hydrogen-bond acceptors (Lipinski definition) is 6. The normalized spacial score (nSPS) is 13.7. The minimum Gasteiger partial charge on any atom is -0.496 e. The molecule has 1 aliphatic rings. The molecule has 1 aliphatic heterocycles. The molecule has 0 saturated carbocycles. The van der Waals surface area contributed by atoms with Crippen molar-refractivity contribution in [3.05, 3.63) is 35.9 Å². The van der Waals surface area contributed by atoms with Gasteiger partial charge in [-0.1, -0.05) is 43.8 Å². The van der Waals surface area contributed by atoms with Crippen LogP contribution in [0.4, 0.5) is 0 Å². The zero-order chi connectivity index (χ0) is 20.5. The van der Waals surface area contributed by atoms with E-state index in [0.717, 1.165) is 64.1 Å². The lowest BCUT2D eigenvalue weighted by Crippen LogP contribution is -2.27. The van der Waals surface area contributed by atoms with Crippen LogP contribution in [0, 0.1) is 0 Å². The third-order valence-electron chi connectivity index (χ3n) is 5.74. The number of ether oxygens (including phenoxy) is 1. The van der Waals surface area contributed by atoms with Crippen molar-refractivity contribution in [3.63, 3.8) is 0 Å². The fourth-order valence-corrected chi connectivity index (χ4v) is 5.36. The Hall–Kier alpha value is -2.06. The quantitative estimate of drug-likeness (QED) is 0.462. The molecule has 0 saturated heterocycles. The third-order valence-corrected chi connectivity index (χ3v) is 7.00. The van der Waals surface area contributed by atoms with Gasteiger partial charge in [0.05, 0.1) is 24.1 Å². The molecule has 1 atom stereocenters. The number of nitrogens with zero attached hydrogens (tertiary/aromatic N) is 3. The van der Waals surface area contributed by atoms with Crippen LogP contribution in [-0.2, 0) is 6.54 Å². The van der Waals surface area contributed by atoms with E-state index in [1.54, 1.807) is 18.9 Å². The van der Waals surface area contributed by atoms with Crippen LogP contribution in [0.2, 0.25) is 0 Å². The Bertz CT molecular complexity index is 1030. The molecule has 1 aromatic heterocycles. The number of benzene rings is 2. The number of nitrogens with two attached hydrogens (primary N) is 2. The molecule has 3 aromatic rings. The predicted octanol–water partition coefficient (Wildman–Crippen LogP) is 3.48. The fourth-order valence-electron chi connectivity index (χ4n) is 3.99. The highest BCUT2D eigenvalue weighted by Gasteiger charge is 2.29. The van der Waals surface area contributed by atoms with Crippen LogP contribution in [0.5, 0.6) is 5.75 Å². The van der Waals surface area contributed by atoms with Gasteiger partial charge in [-0.25, -0.2) is 0 Å². The van der Waals surface area contributed by atoms with Crippen molar-refractivity contribution >= 4 is 22.7 Å². The molecule has 7 heteroatoms. The number of fused-ring (bicyclic) bond motifs is 2. The van der Waals surface area contributed by atoms with Crippen LogP contribution in [0.15, 0.2) is 40.1 Å². The van der Waals surface area contributed by atoms with E-state index in [1.807, 2.05) is 12.1 Å². The SMILES string of the molecule is CCN(CC)CCn1nc2c3c(c(C(N)CN)ccc31)Sc1c(OC)cccc1-2. The van der Waals surface area contributed by atoms with Crippen LogP contribution in [0.25, 0.3) is 22.2 Å². The van der Waals surface area contributed by atoms with E-state index >= 15 is 0 Å². The van der Waals surface area contributed by atoms with Crippen LogP contribution in [-0.4, -0.2) is 48.0 Å². The number of aromatic nitrogens is 2. The second-order valence-electron chi connectivity index (χ2n) is 7.26. The minimum absolute atomic E-state index is 0.204. The molecular formula is C22H29N5OS. The van der Waals surface area contributed by atoms with Gasteiger partial charge in [-0.15, -0.1) is 0 Å². The van der Waals surface area contributed by atoms with Crippen LogP contribution in [0.1, 0.15) is 25.5 Å². The summed E-state index contributed by atoms with van der Waals surface area (Å²) in [6, 6.07) is 10.2. The van der Waals surface area contributed by atoms with Gasteiger partial charge in [0, 0.05) is 35.0 Å². The van der Waals surface area contributed by atoms with Crippen molar-refractivity contribution in [2.45, 2.75) is 36.2 Å². The summed E-state index contributed by atoms with van der Waals surface area (Å²) in [5.74, 6) is 0.861. The molecule has 0 fully saturated rings. The Balaban J connectivity index is 1.90.